The van der Waals surface area contributed by atoms with Gasteiger partial charge in [0.25, 0.3) is 0 Å². The van der Waals surface area contributed by atoms with Gasteiger partial charge in [-0.2, -0.15) is 13.2 Å². The second kappa shape index (κ2) is 4.24. The Morgan fingerprint density at radius 2 is 2.17 bits per heavy atom. The van der Waals surface area contributed by atoms with Crippen molar-refractivity contribution in [1.82, 2.24) is 10.2 Å². The molecule has 18 heavy (non-hydrogen) atoms. The molecule has 0 aliphatic carbocycles. The smallest absolute Gasteiger partial charge is 0.311 e. The maximum atomic E-state index is 12.6. The van der Waals surface area contributed by atoms with Gasteiger partial charge in [0, 0.05) is 31.7 Å². The highest BCUT2D eigenvalue weighted by atomic mass is 19.4. The molecule has 0 aromatic heterocycles. The Balaban J connectivity index is 1.73. The zero-order valence-corrected chi connectivity index (χ0v) is 9.87. The Kier molecular flexibility index (Phi) is 2.83. The van der Waals surface area contributed by atoms with Crippen molar-refractivity contribution in [2.24, 2.45) is 0 Å². The topological polar surface area (TPSA) is 15.3 Å². The molecule has 2 nitrogen and oxygen atoms in total. The molecule has 2 heterocycles. The summed E-state index contributed by atoms with van der Waals surface area (Å²) in [4.78, 5) is 2.27. The monoisotopic (exact) mass is 256 g/mol. The Labute approximate surface area is 104 Å². The summed E-state index contributed by atoms with van der Waals surface area (Å²) in [6, 6.07) is 6.67. The molecule has 2 saturated heterocycles. The number of rotatable bonds is 2. The quantitative estimate of drug-likeness (QED) is 0.873. The first-order valence-corrected chi connectivity index (χ1v) is 6.16. The van der Waals surface area contributed by atoms with Crippen molar-refractivity contribution in [2.45, 2.75) is 31.2 Å². The van der Waals surface area contributed by atoms with E-state index in [0.717, 1.165) is 31.1 Å². The number of likely N-dealkylation sites (tertiary alicyclic amines) is 1. The molecule has 0 saturated carbocycles. The zero-order chi connectivity index (χ0) is 12.8. The molecule has 5 heteroatoms. The first-order valence-electron chi connectivity index (χ1n) is 6.16. The van der Waals surface area contributed by atoms with Crippen molar-refractivity contribution in [3.05, 3.63) is 35.4 Å². The highest BCUT2D eigenvalue weighted by Gasteiger charge is 2.37. The first kappa shape index (κ1) is 12.0. The molecule has 2 atom stereocenters. The van der Waals surface area contributed by atoms with Crippen LogP contribution < -0.4 is 5.32 Å². The fraction of sp³-hybridized carbons (Fsp3) is 0.538. The third-order valence-electron chi connectivity index (χ3n) is 3.81. The second-order valence-corrected chi connectivity index (χ2v) is 5.12. The highest BCUT2D eigenvalue weighted by Crippen LogP contribution is 2.31. The van der Waals surface area contributed by atoms with E-state index < -0.39 is 11.7 Å². The van der Waals surface area contributed by atoms with Crippen LogP contribution in [0.5, 0.6) is 0 Å². The third-order valence-corrected chi connectivity index (χ3v) is 3.81. The summed E-state index contributed by atoms with van der Waals surface area (Å²) < 4.78 is 37.8. The van der Waals surface area contributed by atoms with E-state index >= 15 is 0 Å². The summed E-state index contributed by atoms with van der Waals surface area (Å²) in [5, 5.41) is 3.39. The summed E-state index contributed by atoms with van der Waals surface area (Å²) in [6.07, 6.45) is -3.12. The van der Waals surface area contributed by atoms with E-state index in [-0.39, 0.29) is 0 Å². The summed E-state index contributed by atoms with van der Waals surface area (Å²) in [6.45, 7) is 2.53. The molecule has 0 spiro atoms. The Hall–Kier alpha value is -1.07. The molecule has 1 aromatic carbocycles. The van der Waals surface area contributed by atoms with Crippen molar-refractivity contribution in [3.63, 3.8) is 0 Å². The maximum absolute atomic E-state index is 12.6. The van der Waals surface area contributed by atoms with Gasteiger partial charge in [-0.3, -0.25) is 4.90 Å². The number of nitrogens with one attached hydrogen (secondary N) is 1. The normalized spacial score (nSPS) is 27.9. The van der Waals surface area contributed by atoms with Gasteiger partial charge in [0.1, 0.15) is 0 Å². The van der Waals surface area contributed by atoms with Crippen LogP contribution in [0.3, 0.4) is 0 Å². The van der Waals surface area contributed by atoms with Gasteiger partial charge in [0.15, 0.2) is 0 Å². The molecule has 2 bridgehead atoms. The van der Waals surface area contributed by atoms with Crippen LogP contribution in [-0.4, -0.2) is 30.1 Å². The molecule has 1 N–H and O–H groups in total. The van der Waals surface area contributed by atoms with Gasteiger partial charge in [-0.05, 0) is 18.1 Å². The summed E-state index contributed by atoms with van der Waals surface area (Å²) in [5.74, 6) is 0. The van der Waals surface area contributed by atoms with Crippen LogP contribution in [0, 0.1) is 0 Å². The van der Waals surface area contributed by atoms with Gasteiger partial charge < -0.3 is 5.32 Å². The van der Waals surface area contributed by atoms with Crippen LogP contribution >= 0.6 is 0 Å². The minimum Gasteiger partial charge on any atom is -0.311 e. The van der Waals surface area contributed by atoms with Crippen LogP contribution in [0.2, 0.25) is 0 Å². The standard InChI is InChI=1S/C13H15F3N2/c14-13(15,16)10-3-1-2-9(4-10)7-18-8-11-5-12(18)6-17-11/h1-4,11-12,17H,5-8H2/t11-,12-/m0/s1. The summed E-state index contributed by atoms with van der Waals surface area (Å²) in [7, 11) is 0. The Morgan fingerprint density at radius 3 is 2.78 bits per heavy atom. The van der Waals surface area contributed by atoms with Gasteiger partial charge in [-0.15, -0.1) is 0 Å². The molecule has 0 unspecified atom stereocenters. The van der Waals surface area contributed by atoms with E-state index in [0.29, 0.717) is 18.6 Å². The maximum Gasteiger partial charge on any atom is 0.416 e. The van der Waals surface area contributed by atoms with Crippen LogP contribution in [0.15, 0.2) is 24.3 Å². The van der Waals surface area contributed by atoms with Gasteiger partial charge >= 0.3 is 6.18 Å². The fourth-order valence-corrected chi connectivity index (χ4v) is 2.92. The number of hydrogen-bond donors (Lipinski definition) is 1. The lowest BCUT2D eigenvalue weighted by molar-refractivity contribution is -0.137. The molecule has 98 valence electrons. The molecular formula is C13H15F3N2. The van der Waals surface area contributed by atoms with Crippen LogP contribution in [0.1, 0.15) is 17.5 Å². The molecule has 3 rings (SSSR count). The van der Waals surface area contributed by atoms with Crippen LogP contribution in [0.25, 0.3) is 0 Å². The number of nitrogens with zero attached hydrogens (tertiary/aromatic N) is 1. The SMILES string of the molecule is FC(F)(F)c1cccc(CN2C[C@@H]3C[C@H]2CN3)c1. The average molecular weight is 256 g/mol. The predicted molar refractivity (Wildman–Crippen MR) is 62.0 cm³/mol. The lowest BCUT2D eigenvalue weighted by Crippen LogP contribution is -2.42. The van der Waals surface area contributed by atoms with E-state index in [4.69, 9.17) is 0 Å². The predicted octanol–water partition coefficient (Wildman–Crippen LogP) is 2.25. The third kappa shape index (κ3) is 2.24. The lowest BCUT2D eigenvalue weighted by atomic mass is 10.1. The number of hydrogen-bond acceptors (Lipinski definition) is 2. The van der Waals surface area contributed by atoms with Crippen molar-refractivity contribution in [3.8, 4) is 0 Å². The molecule has 2 aliphatic rings. The average Bonchev–Trinajstić information content (AvgIpc) is 2.90. The van der Waals surface area contributed by atoms with Crippen molar-refractivity contribution >= 4 is 0 Å². The highest BCUT2D eigenvalue weighted by molar-refractivity contribution is 5.26. The molecule has 1 aromatic rings. The van der Waals surface area contributed by atoms with E-state index in [2.05, 4.69) is 10.2 Å². The number of alkyl halides is 3. The van der Waals surface area contributed by atoms with Crippen molar-refractivity contribution in [1.29, 1.82) is 0 Å². The largest absolute Gasteiger partial charge is 0.416 e. The minimum atomic E-state index is -4.25. The lowest BCUT2D eigenvalue weighted by Gasteiger charge is -2.27. The van der Waals surface area contributed by atoms with Gasteiger partial charge in [0.05, 0.1) is 5.56 Å². The van der Waals surface area contributed by atoms with E-state index in [1.54, 1.807) is 6.07 Å². The molecule has 2 aliphatic heterocycles. The fourth-order valence-electron chi connectivity index (χ4n) is 2.92. The molecule has 2 fully saturated rings. The Bertz CT molecular complexity index is 444. The van der Waals surface area contributed by atoms with Gasteiger partial charge in [-0.25, -0.2) is 0 Å². The zero-order valence-electron chi connectivity index (χ0n) is 9.87. The second-order valence-electron chi connectivity index (χ2n) is 5.12. The molecule has 0 amide bonds. The number of benzene rings is 1. The molecule has 0 radical (unpaired) electrons. The Morgan fingerprint density at radius 1 is 1.33 bits per heavy atom. The number of fused-ring (bicyclic) bond motifs is 2. The number of piperazine rings is 1. The van der Waals surface area contributed by atoms with Gasteiger partial charge in [0.2, 0.25) is 0 Å². The van der Waals surface area contributed by atoms with Gasteiger partial charge in [-0.1, -0.05) is 18.2 Å². The summed E-state index contributed by atoms with van der Waals surface area (Å²) in [5.41, 5.74) is 0.194. The van der Waals surface area contributed by atoms with Crippen LogP contribution in [0.4, 0.5) is 13.2 Å². The van der Waals surface area contributed by atoms with E-state index in [1.807, 2.05) is 0 Å². The van der Waals surface area contributed by atoms with E-state index in [1.165, 1.54) is 12.1 Å². The van der Waals surface area contributed by atoms with Crippen molar-refractivity contribution < 1.29 is 13.2 Å². The molecular weight excluding hydrogens is 241 g/mol. The first-order chi connectivity index (χ1) is 8.52. The number of halogens is 3. The van der Waals surface area contributed by atoms with Crippen molar-refractivity contribution in [2.75, 3.05) is 13.1 Å². The summed E-state index contributed by atoms with van der Waals surface area (Å²) >= 11 is 0. The minimum absolute atomic E-state index is 0.490. The van der Waals surface area contributed by atoms with Crippen LogP contribution in [-0.2, 0) is 12.7 Å². The van der Waals surface area contributed by atoms with E-state index in [9.17, 15) is 13.2 Å².